The second-order valence-electron chi connectivity index (χ2n) is 5.79. The molecule has 5 heteroatoms. The van der Waals surface area contributed by atoms with Gasteiger partial charge in [0.15, 0.2) is 0 Å². The molecule has 4 rings (SSSR count). The van der Waals surface area contributed by atoms with Crippen molar-refractivity contribution < 1.29 is 0 Å². The van der Waals surface area contributed by atoms with Crippen LogP contribution in [0.2, 0.25) is 5.02 Å². The average Bonchev–Trinajstić information content (AvgIpc) is 2.68. The summed E-state index contributed by atoms with van der Waals surface area (Å²) in [5.41, 5.74) is 10.5. The highest BCUT2D eigenvalue weighted by Gasteiger charge is 2.16. The minimum atomic E-state index is 0.344. The molecule has 0 saturated carbocycles. The SMILES string of the molecule is C=Cc1nc(-c2cc(Cl)c3ncccc3c2)c(-c2ccccc2)nc1N. The zero-order chi connectivity index (χ0) is 18.1. The minimum absolute atomic E-state index is 0.344. The Labute approximate surface area is 156 Å². The van der Waals surface area contributed by atoms with E-state index in [2.05, 4.69) is 16.5 Å². The number of anilines is 1. The number of hydrogen-bond acceptors (Lipinski definition) is 4. The van der Waals surface area contributed by atoms with E-state index in [0.717, 1.165) is 22.0 Å². The lowest BCUT2D eigenvalue weighted by Crippen LogP contribution is -2.02. The van der Waals surface area contributed by atoms with Crippen molar-refractivity contribution in [3.05, 3.63) is 78.1 Å². The van der Waals surface area contributed by atoms with Crippen molar-refractivity contribution in [3.8, 4) is 22.5 Å². The van der Waals surface area contributed by atoms with Crippen LogP contribution in [-0.4, -0.2) is 15.0 Å². The summed E-state index contributed by atoms with van der Waals surface area (Å²) >= 11 is 6.46. The van der Waals surface area contributed by atoms with Crippen molar-refractivity contribution in [2.75, 3.05) is 5.73 Å². The van der Waals surface area contributed by atoms with Crippen LogP contribution in [0, 0.1) is 0 Å². The third kappa shape index (κ3) is 2.80. The number of hydrogen-bond donors (Lipinski definition) is 1. The Bertz CT molecular complexity index is 1120. The number of fused-ring (bicyclic) bond motifs is 1. The Balaban J connectivity index is 2.03. The van der Waals surface area contributed by atoms with Crippen LogP contribution in [-0.2, 0) is 0 Å². The largest absolute Gasteiger partial charge is 0.382 e. The van der Waals surface area contributed by atoms with E-state index < -0.39 is 0 Å². The van der Waals surface area contributed by atoms with Gasteiger partial charge in [0.1, 0.15) is 11.5 Å². The molecule has 4 aromatic rings. The molecule has 0 spiro atoms. The van der Waals surface area contributed by atoms with Crippen LogP contribution in [0.5, 0.6) is 0 Å². The number of pyridine rings is 1. The average molecular weight is 359 g/mol. The first-order valence-corrected chi connectivity index (χ1v) is 8.45. The van der Waals surface area contributed by atoms with E-state index >= 15 is 0 Å². The second-order valence-corrected chi connectivity index (χ2v) is 6.20. The summed E-state index contributed by atoms with van der Waals surface area (Å²) in [6, 6.07) is 17.5. The molecule has 0 atom stereocenters. The van der Waals surface area contributed by atoms with Gasteiger partial charge in [0.2, 0.25) is 0 Å². The molecule has 26 heavy (non-hydrogen) atoms. The number of nitrogen functional groups attached to an aromatic ring is 1. The van der Waals surface area contributed by atoms with E-state index in [1.807, 2.05) is 54.6 Å². The molecule has 2 heterocycles. The predicted octanol–water partition coefficient (Wildman–Crippen LogP) is 5.24. The maximum absolute atomic E-state index is 6.46. The second kappa shape index (κ2) is 6.58. The molecular formula is C21H15ClN4. The van der Waals surface area contributed by atoms with Crippen molar-refractivity contribution in [2.24, 2.45) is 0 Å². The van der Waals surface area contributed by atoms with Crippen molar-refractivity contribution in [1.29, 1.82) is 0 Å². The smallest absolute Gasteiger partial charge is 0.150 e. The fraction of sp³-hybridized carbons (Fsp3) is 0. The summed E-state index contributed by atoms with van der Waals surface area (Å²) in [4.78, 5) is 13.6. The Morgan fingerprint density at radius 1 is 0.923 bits per heavy atom. The topological polar surface area (TPSA) is 64.7 Å². The zero-order valence-corrected chi connectivity index (χ0v) is 14.6. The number of rotatable bonds is 3. The zero-order valence-electron chi connectivity index (χ0n) is 13.9. The monoisotopic (exact) mass is 358 g/mol. The van der Waals surface area contributed by atoms with Crippen LogP contribution in [0.3, 0.4) is 0 Å². The lowest BCUT2D eigenvalue weighted by molar-refractivity contribution is 1.20. The highest BCUT2D eigenvalue weighted by Crippen LogP contribution is 2.34. The Morgan fingerprint density at radius 3 is 2.46 bits per heavy atom. The van der Waals surface area contributed by atoms with Gasteiger partial charge in [0, 0.05) is 22.7 Å². The highest BCUT2D eigenvalue weighted by atomic mass is 35.5. The van der Waals surface area contributed by atoms with Crippen molar-refractivity contribution in [1.82, 2.24) is 15.0 Å². The van der Waals surface area contributed by atoms with E-state index in [-0.39, 0.29) is 0 Å². The van der Waals surface area contributed by atoms with Crippen LogP contribution in [0.25, 0.3) is 39.5 Å². The number of nitrogens with zero attached hydrogens (tertiary/aromatic N) is 3. The first kappa shape index (κ1) is 16.2. The van der Waals surface area contributed by atoms with E-state index in [0.29, 0.717) is 27.9 Å². The van der Waals surface area contributed by atoms with Crippen LogP contribution in [0.15, 0.2) is 67.4 Å². The van der Waals surface area contributed by atoms with Crippen LogP contribution >= 0.6 is 11.6 Å². The van der Waals surface area contributed by atoms with Crippen molar-refractivity contribution in [2.45, 2.75) is 0 Å². The molecule has 2 aromatic carbocycles. The van der Waals surface area contributed by atoms with Crippen LogP contribution < -0.4 is 5.73 Å². The lowest BCUT2D eigenvalue weighted by Gasteiger charge is -2.12. The van der Waals surface area contributed by atoms with E-state index in [1.165, 1.54) is 0 Å². The maximum atomic E-state index is 6.46. The summed E-state index contributed by atoms with van der Waals surface area (Å²) < 4.78 is 0. The molecule has 0 aliphatic heterocycles. The Kier molecular flexibility index (Phi) is 4.11. The Hall–Kier alpha value is -3.24. The number of halogens is 1. The summed E-state index contributed by atoms with van der Waals surface area (Å²) in [5, 5.41) is 1.50. The van der Waals surface area contributed by atoms with Crippen LogP contribution in [0.1, 0.15) is 5.69 Å². The lowest BCUT2D eigenvalue weighted by atomic mass is 10.0. The van der Waals surface area contributed by atoms with Gasteiger partial charge < -0.3 is 5.73 Å². The molecule has 126 valence electrons. The van der Waals surface area contributed by atoms with Gasteiger partial charge in [-0.15, -0.1) is 0 Å². The molecule has 4 nitrogen and oxygen atoms in total. The Morgan fingerprint density at radius 2 is 1.69 bits per heavy atom. The molecular weight excluding hydrogens is 344 g/mol. The quantitative estimate of drug-likeness (QED) is 0.544. The van der Waals surface area contributed by atoms with Gasteiger partial charge in [-0.1, -0.05) is 54.6 Å². The van der Waals surface area contributed by atoms with Crippen molar-refractivity contribution >= 4 is 34.4 Å². The number of aromatic nitrogens is 3. The minimum Gasteiger partial charge on any atom is -0.382 e. The first-order chi connectivity index (χ1) is 12.7. The van der Waals surface area contributed by atoms with Crippen molar-refractivity contribution in [3.63, 3.8) is 0 Å². The number of nitrogens with two attached hydrogens (primary N) is 1. The van der Waals surface area contributed by atoms with E-state index in [4.69, 9.17) is 22.3 Å². The molecule has 0 aliphatic rings. The third-order valence-corrected chi connectivity index (χ3v) is 4.41. The van der Waals surface area contributed by atoms with Gasteiger partial charge in [-0.25, -0.2) is 9.97 Å². The third-order valence-electron chi connectivity index (χ3n) is 4.12. The molecule has 0 saturated heterocycles. The molecule has 0 fully saturated rings. The molecule has 2 N–H and O–H groups in total. The first-order valence-electron chi connectivity index (χ1n) is 8.07. The van der Waals surface area contributed by atoms with Gasteiger partial charge in [0.05, 0.1) is 21.9 Å². The fourth-order valence-corrected chi connectivity index (χ4v) is 3.17. The summed E-state index contributed by atoms with van der Waals surface area (Å²) in [6.45, 7) is 3.78. The molecule has 0 radical (unpaired) electrons. The standard InChI is InChI=1S/C21H15ClN4/c1-2-17-21(23)26-19(13-7-4-3-5-8-13)20(25-17)15-11-14-9-6-10-24-18(14)16(22)12-15/h2-12H,1H2,(H2,23,26). The van der Waals surface area contributed by atoms with Gasteiger partial charge in [0.25, 0.3) is 0 Å². The number of benzene rings is 2. The molecule has 0 unspecified atom stereocenters. The molecule has 0 aliphatic carbocycles. The fourth-order valence-electron chi connectivity index (χ4n) is 2.89. The molecule has 0 bridgehead atoms. The van der Waals surface area contributed by atoms with Gasteiger partial charge in [-0.05, 0) is 24.3 Å². The summed E-state index contributed by atoms with van der Waals surface area (Å²) in [6.07, 6.45) is 3.33. The summed E-state index contributed by atoms with van der Waals surface area (Å²) in [5.74, 6) is 0.344. The predicted molar refractivity (Wildman–Crippen MR) is 108 cm³/mol. The van der Waals surface area contributed by atoms with Gasteiger partial charge in [-0.2, -0.15) is 0 Å². The van der Waals surface area contributed by atoms with Crippen LogP contribution in [0.4, 0.5) is 5.82 Å². The van der Waals surface area contributed by atoms with E-state index in [1.54, 1.807) is 12.3 Å². The maximum Gasteiger partial charge on any atom is 0.150 e. The van der Waals surface area contributed by atoms with Gasteiger partial charge in [-0.3, -0.25) is 4.98 Å². The molecule has 2 aromatic heterocycles. The normalized spacial score (nSPS) is 10.8. The van der Waals surface area contributed by atoms with E-state index in [9.17, 15) is 0 Å². The summed E-state index contributed by atoms with van der Waals surface area (Å²) in [7, 11) is 0. The highest BCUT2D eigenvalue weighted by molar-refractivity contribution is 6.35. The molecule has 0 amide bonds. The van der Waals surface area contributed by atoms with Gasteiger partial charge >= 0.3 is 0 Å².